The van der Waals surface area contributed by atoms with E-state index in [1.807, 2.05) is 70.0 Å². The molecule has 2 aliphatic rings. The molecule has 0 atom stereocenters. The number of hydrogen-bond acceptors (Lipinski definition) is 8. The molecule has 2 saturated heterocycles. The van der Waals surface area contributed by atoms with Crippen molar-refractivity contribution in [2.24, 2.45) is 5.73 Å². The molecular formula is C52H60F4N10O5. The monoisotopic (exact) mass is 980 g/mol. The Bertz CT molecular complexity index is 2890. The first-order valence-corrected chi connectivity index (χ1v) is 24.0. The van der Waals surface area contributed by atoms with E-state index in [9.17, 15) is 37.1 Å². The van der Waals surface area contributed by atoms with Crippen LogP contribution in [-0.4, -0.2) is 105 Å². The van der Waals surface area contributed by atoms with Gasteiger partial charge in [-0.3, -0.25) is 33.5 Å². The molecule has 71 heavy (non-hydrogen) atoms. The fourth-order valence-corrected chi connectivity index (χ4v) is 8.76. The van der Waals surface area contributed by atoms with E-state index in [4.69, 9.17) is 5.73 Å². The van der Waals surface area contributed by atoms with E-state index >= 15 is 4.39 Å². The number of Topliss-reactive ketones (excluding diaryl/α,β-unsaturated/α-hetero) is 2. The zero-order valence-electron chi connectivity index (χ0n) is 40.4. The van der Waals surface area contributed by atoms with Gasteiger partial charge < -0.3 is 20.9 Å². The van der Waals surface area contributed by atoms with Crippen LogP contribution < -0.4 is 20.9 Å². The molecule has 8 rings (SSSR count). The molecule has 15 nitrogen and oxygen atoms in total. The molecule has 2 aromatic heterocycles. The van der Waals surface area contributed by atoms with Crippen LogP contribution in [0.2, 0.25) is 0 Å². The average Bonchev–Trinajstić information content (AvgIpc) is 4.02. The molecule has 0 aliphatic carbocycles. The minimum absolute atomic E-state index is 0.0551. The Balaban J connectivity index is 0.000000211. The number of ketones is 2. The topological polar surface area (TPSA) is 172 Å². The molecule has 0 bridgehead atoms. The van der Waals surface area contributed by atoms with Crippen molar-refractivity contribution >= 4 is 62.7 Å². The maximum absolute atomic E-state index is 15.2. The molecule has 2 fully saturated rings. The number of alkyl halides is 2. The second kappa shape index (κ2) is 23.2. The van der Waals surface area contributed by atoms with Crippen LogP contribution in [0.4, 0.5) is 38.5 Å². The number of carbonyl (C=O) groups is 5. The summed E-state index contributed by atoms with van der Waals surface area (Å²) < 4.78 is 58.6. The summed E-state index contributed by atoms with van der Waals surface area (Å²) in [5.74, 6) is -3.86. The molecule has 19 heteroatoms. The number of fused-ring (bicyclic) bond motifs is 2. The lowest BCUT2D eigenvalue weighted by atomic mass is 10.1. The highest BCUT2D eigenvalue weighted by Gasteiger charge is 2.28. The van der Waals surface area contributed by atoms with Gasteiger partial charge in [-0.05, 0) is 115 Å². The zero-order chi connectivity index (χ0) is 50.9. The number of nitrogens with zero attached hydrogens (tertiary/aromatic N) is 8. The Labute approximate surface area is 409 Å². The first-order valence-electron chi connectivity index (χ1n) is 24.0. The maximum Gasteiger partial charge on any atom is 0.324 e. The van der Waals surface area contributed by atoms with Gasteiger partial charge in [0.2, 0.25) is 0 Å². The van der Waals surface area contributed by atoms with Gasteiger partial charge in [-0.1, -0.05) is 24.3 Å². The number of urea groups is 2. The third kappa shape index (κ3) is 12.2. The summed E-state index contributed by atoms with van der Waals surface area (Å²) in [6.45, 7) is 9.83. The maximum atomic E-state index is 15.2. The summed E-state index contributed by atoms with van der Waals surface area (Å²) in [5.41, 5.74) is 9.12. The lowest BCUT2D eigenvalue weighted by molar-refractivity contribution is -0.131. The number of benzene rings is 4. The van der Waals surface area contributed by atoms with Crippen molar-refractivity contribution in [1.82, 2.24) is 34.7 Å². The Morgan fingerprint density at radius 3 is 1.41 bits per heavy atom. The predicted octanol–water partition coefficient (Wildman–Crippen LogP) is 9.44. The normalized spacial score (nSPS) is 14.0. The summed E-state index contributed by atoms with van der Waals surface area (Å²) in [6, 6.07) is 19.2. The Hall–Kier alpha value is -7.15. The van der Waals surface area contributed by atoms with Crippen LogP contribution in [0.5, 0.6) is 0 Å². The van der Waals surface area contributed by atoms with Crippen LogP contribution >= 0.6 is 0 Å². The van der Waals surface area contributed by atoms with Crippen LogP contribution in [0.25, 0.3) is 21.8 Å². The van der Waals surface area contributed by atoms with Gasteiger partial charge in [0.1, 0.15) is 11.6 Å². The number of nitrogens with one attached hydrogen (secondary N) is 1. The molecule has 6 aromatic rings. The van der Waals surface area contributed by atoms with Crippen molar-refractivity contribution in [3.8, 4) is 0 Å². The number of amides is 5. The molecule has 2 aliphatic heterocycles. The van der Waals surface area contributed by atoms with Crippen LogP contribution in [0.1, 0.15) is 110 Å². The third-order valence-corrected chi connectivity index (χ3v) is 12.7. The summed E-state index contributed by atoms with van der Waals surface area (Å²) in [6.07, 6.45) is 6.19. The van der Waals surface area contributed by atoms with Crippen LogP contribution in [0, 0.1) is 11.6 Å². The highest BCUT2D eigenvalue weighted by atomic mass is 19.3. The number of carbonyl (C=O) groups excluding carboxylic acids is 5. The second-order valence-corrected chi connectivity index (χ2v) is 18.4. The van der Waals surface area contributed by atoms with Crippen LogP contribution in [-0.2, 0) is 17.9 Å². The molecule has 5 amide bonds. The summed E-state index contributed by atoms with van der Waals surface area (Å²) in [7, 11) is 0. The first-order chi connectivity index (χ1) is 34.0. The molecule has 3 N–H and O–H groups in total. The fraction of sp³-hybridized carbons (Fsp3) is 0.404. The van der Waals surface area contributed by atoms with Gasteiger partial charge in [-0.15, -0.1) is 0 Å². The fourth-order valence-electron chi connectivity index (χ4n) is 8.76. The summed E-state index contributed by atoms with van der Waals surface area (Å²) >= 11 is 0. The SMILES string of the molecule is CC(C)n1ncc2ccc(N(Cc3ccc(C(=O)CN)cc3F)C(=O)N3CCCCC3)cc21.CC(C)n1ncc2ccc(N(Cc3ccc(C(=O)CNC(=O)C(F)F)cc3F)C(=O)N3CCCCC3)cc21. The van der Waals surface area contributed by atoms with E-state index in [0.29, 0.717) is 43.1 Å². The molecule has 4 heterocycles. The third-order valence-electron chi connectivity index (χ3n) is 12.7. The van der Waals surface area contributed by atoms with Gasteiger partial charge in [0, 0.05) is 82.7 Å². The van der Waals surface area contributed by atoms with E-state index in [1.165, 1.54) is 23.1 Å². The number of aromatic nitrogens is 4. The predicted molar refractivity (Wildman–Crippen MR) is 264 cm³/mol. The van der Waals surface area contributed by atoms with Gasteiger partial charge in [0.15, 0.2) is 11.6 Å². The largest absolute Gasteiger partial charge is 0.344 e. The molecular weight excluding hydrogens is 921 g/mol. The van der Waals surface area contributed by atoms with Gasteiger partial charge in [-0.2, -0.15) is 19.0 Å². The number of likely N-dealkylation sites (tertiary alicyclic amines) is 2. The summed E-state index contributed by atoms with van der Waals surface area (Å²) in [4.78, 5) is 69.1. The molecule has 376 valence electrons. The Morgan fingerprint density at radius 2 is 1.03 bits per heavy atom. The first kappa shape index (κ1) is 51.7. The van der Waals surface area contributed by atoms with Crippen LogP contribution in [0.3, 0.4) is 0 Å². The molecule has 4 aromatic carbocycles. The number of rotatable bonds is 14. The standard InChI is InChI=1S/C27H30F3N5O3.C25H30FN5O2/c1-17(2)35-23-13-21(9-8-19(23)14-32-35)34(27(38)33-10-4-3-5-11-33)16-20-7-6-18(12-22(20)28)24(36)15-31-26(37)25(29)30;1-17(2)31-23-13-21(9-8-19(23)15-28-31)30(25(33)29-10-4-3-5-11-29)16-20-7-6-18(12-22(20)26)24(32)14-27/h6-9,12-14,17,25H,3-5,10-11,15-16H2,1-2H3,(H,31,37);6-9,12-13,15,17H,3-5,10-11,14,16,27H2,1-2H3. The highest BCUT2D eigenvalue weighted by Crippen LogP contribution is 2.30. The average molecular weight is 981 g/mol. The van der Waals surface area contributed by atoms with Crippen molar-refractivity contribution in [1.29, 1.82) is 0 Å². The molecule has 0 saturated carbocycles. The van der Waals surface area contributed by atoms with Crippen molar-refractivity contribution in [3.63, 3.8) is 0 Å². The summed E-state index contributed by atoms with van der Waals surface area (Å²) in [5, 5.41) is 12.6. The van der Waals surface area contributed by atoms with E-state index in [1.54, 1.807) is 34.2 Å². The van der Waals surface area contributed by atoms with Crippen molar-refractivity contribution < 1.29 is 41.5 Å². The van der Waals surface area contributed by atoms with Crippen molar-refractivity contribution in [2.45, 2.75) is 97.8 Å². The smallest absolute Gasteiger partial charge is 0.324 e. The Morgan fingerprint density at radius 1 is 0.606 bits per heavy atom. The number of halogens is 4. The van der Waals surface area contributed by atoms with Gasteiger partial charge >= 0.3 is 18.5 Å². The number of piperidine rings is 2. The van der Waals surface area contributed by atoms with E-state index in [2.05, 4.69) is 24.0 Å². The van der Waals surface area contributed by atoms with Gasteiger partial charge in [-0.25, -0.2) is 18.4 Å². The molecule has 0 radical (unpaired) electrons. The van der Waals surface area contributed by atoms with E-state index in [0.717, 1.165) is 66.4 Å². The van der Waals surface area contributed by atoms with Gasteiger partial charge in [0.05, 0.1) is 49.6 Å². The highest BCUT2D eigenvalue weighted by molar-refractivity contribution is 6.00. The van der Waals surface area contributed by atoms with E-state index < -0.39 is 36.3 Å². The minimum Gasteiger partial charge on any atom is -0.344 e. The Kier molecular flexibility index (Phi) is 16.9. The second-order valence-electron chi connectivity index (χ2n) is 18.4. The molecule has 0 spiro atoms. The zero-order valence-corrected chi connectivity index (χ0v) is 40.4. The van der Waals surface area contributed by atoms with Crippen molar-refractivity contribution in [3.05, 3.63) is 119 Å². The number of hydrogen-bond donors (Lipinski definition) is 2. The molecule has 0 unspecified atom stereocenters. The lowest BCUT2D eigenvalue weighted by Gasteiger charge is -2.33. The number of anilines is 2. The minimum atomic E-state index is -3.25. The lowest BCUT2D eigenvalue weighted by Crippen LogP contribution is -2.45. The van der Waals surface area contributed by atoms with Crippen molar-refractivity contribution in [2.75, 3.05) is 49.1 Å². The quantitative estimate of drug-likeness (QED) is 0.0803. The number of nitrogens with two attached hydrogens (primary N) is 1. The van der Waals surface area contributed by atoms with Crippen LogP contribution in [0.15, 0.2) is 85.2 Å². The van der Waals surface area contributed by atoms with E-state index in [-0.39, 0.29) is 66.3 Å². The van der Waals surface area contributed by atoms with Gasteiger partial charge in [0.25, 0.3) is 5.91 Å².